The zero-order chi connectivity index (χ0) is 17.4. The summed E-state index contributed by atoms with van der Waals surface area (Å²) in [5, 5.41) is 38.6. The van der Waals surface area contributed by atoms with E-state index >= 15 is 0 Å². The van der Waals surface area contributed by atoms with Crippen molar-refractivity contribution in [3.05, 3.63) is 58.2 Å². The Labute approximate surface area is 141 Å². The van der Waals surface area contributed by atoms with Crippen LogP contribution < -0.4 is 0 Å². The summed E-state index contributed by atoms with van der Waals surface area (Å²) >= 11 is 5.87. The van der Waals surface area contributed by atoms with Crippen molar-refractivity contribution in [3.63, 3.8) is 0 Å². The van der Waals surface area contributed by atoms with Crippen molar-refractivity contribution in [3.8, 4) is 17.2 Å². The number of pyridine rings is 1. The fourth-order valence-electron chi connectivity index (χ4n) is 2.46. The van der Waals surface area contributed by atoms with Crippen molar-refractivity contribution in [2.24, 2.45) is 0 Å². The second kappa shape index (κ2) is 5.90. The summed E-state index contributed by atoms with van der Waals surface area (Å²) in [5.74, 6) is -1.83. The summed E-state index contributed by atoms with van der Waals surface area (Å²) in [6.07, 6.45) is 0.272. The van der Waals surface area contributed by atoms with Crippen molar-refractivity contribution in [1.29, 1.82) is 0 Å². The average Bonchev–Trinajstić information content (AvgIpc) is 2.52. The maximum atomic E-state index is 11.3. The van der Waals surface area contributed by atoms with Crippen molar-refractivity contribution in [1.82, 2.24) is 4.98 Å². The quantitative estimate of drug-likeness (QED) is 0.542. The molecule has 0 bridgehead atoms. The van der Waals surface area contributed by atoms with E-state index < -0.39 is 5.97 Å². The highest BCUT2D eigenvalue weighted by Crippen LogP contribution is 2.32. The Morgan fingerprint density at radius 3 is 2.42 bits per heavy atom. The number of aromatic nitrogens is 1. The number of phenols is 3. The highest BCUT2D eigenvalue weighted by Gasteiger charge is 2.14. The van der Waals surface area contributed by atoms with Crippen LogP contribution in [0.15, 0.2) is 36.4 Å². The number of fused-ring (bicyclic) bond motifs is 1. The van der Waals surface area contributed by atoms with Crippen LogP contribution in [-0.4, -0.2) is 31.4 Å². The lowest BCUT2D eigenvalue weighted by molar-refractivity contribution is 0.0691. The van der Waals surface area contributed by atoms with Crippen molar-refractivity contribution in [2.75, 3.05) is 0 Å². The molecule has 0 atom stereocenters. The van der Waals surface area contributed by atoms with E-state index in [9.17, 15) is 25.2 Å². The van der Waals surface area contributed by atoms with Crippen LogP contribution in [0.3, 0.4) is 0 Å². The molecule has 0 unspecified atom stereocenters. The van der Waals surface area contributed by atoms with Gasteiger partial charge in [0.25, 0.3) is 0 Å². The first kappa shape index (κ1) is 15.9. The Bertz CT molecular complexity index is 971. The Balaban J connectivity index is 2.18. The molecule has 2 aromatic carbocycles. The van der Waals surface area contributed by atoms with E-state index in [1.807, 2.05) is 0 Å². The summed E-state index contributed by atoms with van der Waals surface area (Å²) < 4.78 is 0. The van der Waals surface area contributed by atoms with E-state index in [1.165, 1.54) is 30.3 Å². The second-order valence-corrected chi connectivity index (χ2v) is 5.70. The largest absolute Gasteiger partial charge is 0.506 e. The van der Waals surface area contributed by atoms with Crippen LogP contribution in [-0.2, 0) is 6.42 Å². The number of aromatic hydroxyl groups is 3. The van der Waals surface area contributed by atoms with Gasteiger partial charge < -0.3 is 20.4 Å². The first-order valence-electron chi connectivity index (χ1n) is 6.91. The molecule has 0 aliphatic rings. The second-order valence-electron chi connectivity index (χ2n) is 5.29. The van der Waals surface area contributed by atoms with Crippen LogP contribution in [0.25, 0.3) is 10.9 Å². The number of nitrogens with zero attached hydrogens (tertiary/aromatic N) is 1. The van der Waals surface area contributed by atoms with E-state index in [2.05, 4.69) is 4.98 Å². The molecule has 4 N–H and O–H groups in total. The number of phenolic OH excluding ortho intramolecular Hbond substituents is 3. The van der Waals surface area contributed by atoms with Crippen LogP contribution in [0, 0.1) is 0 Å². The third kappa shape index (κ3) is 2.91. The van der Waals surface area contributed by atoms with Gasteiger partial charge in [0.15, 0.2) is 11.5 Å². The monoisotopic (exact) mass is 345 g/mol. The molecule has 0 aliphatic heterocycles. The third-order valence-electron chi connectivity index (χ3n) is 3.62. The van der Waals surface area contributed by atoms with Gasteiger partial charge in [-0.15, -0.1) is 0 Å². The molecule has 0 saturated carbocycles. The van der Waals surface area contributed by atoms with Gasteiger partial charge in [0.2, 0.25) is 0 Å². The lowest BCUT2D eigenvalue weighted by Crippen LogP contribution is -2.03. The summed E-state index contributed by atoms with van der Waals surface area (Å²) in [6, 6.07) is 8.57. The van der Waals surface area contributed by atoms with Gasteiger partial charge in [0, 0.05) is 5.39 Å². The van der Waals surface area contributed by atoms with Gasteiger partial charge in [-0.05, 0) is 47.9 Å². The predicted molar refractivity (Wildman–Crippen MR) is 88.0 cm³/mol. The van der Waals surface area contributed by atoms with Gasteiger partial charge in [0.1, 0.15) is 11.4 Å². The Morgan fingerprint density at radius 1 is 1.00 bits per heavy atom. The van der Waals surface area contributed by atoms with Gasteiger partial charge >= 0.3 is 5.97 Å². The normalized spacial score (nSPS) is 10.9. The average molecular weight is 346 g/mol. The van der Waals surface area contributed by atoms with Gasteiger partial charge in [-0.2, -0.15) is 0 Å². The minimum Gasteiger partial charge on any atom is -0.506 e. The maximum absolute atomic E-state index is 11.3. The molecule has 122 valence electrons. The first-order chi connectivity index (χ1) is 11.3. The standard InChI is InChI=1S/C17H12ClNO5/c18-11-7-12-10(6-15(11)21)9(5-13(19-12)17(23)24)3-8-1-2-14(20)16(22)4-8/h1-2,4-7,20-22H,3H2,(H,23,24). The van der Waals surface area contributed by atoms with Crippen LogP contribution in [0.5, 0.6) is 17.2 Å². The van der Waals surface area contributed by atoms with Crippen molar-refractivity contribution in [2.45, 2.75) is 6.42 Å². The van der Waals surface area contributed by atoms with E-state index in [1.54, 1.807) is 6.07 Å². The smallest absolute Gasteiger partial charge is 0.354 e. The fraction of sp³-hybridized carbons (Fsp3) is 0.0588. The molecule has 0 aliphatic carbocycles. The van der Waals surface area contributed by atoms with E-state index in [0.29, 0.717) is 22.0 Å². The number of aromatic carboxylic acids is 1. The van der Waals surface area contributed by atoms with Crippen LogP contribution in [0.2, 0.25) is 5.02 Å². The summed E-state index contributed by atoms with van der Waals surface area (Å²) in [6.45, 7) is 0. The summed E-state index contributed by atoms with van der Waals surface area (Å²) in [7, 11) is 0. The van der Waals surface area contributed by atoms with Crippen molar-refractivity contribution >= 4 is 28.5 Å². The molecular formula is C17H12ClNO5. The molecule has 6 nitrogen and oxygen atoms in total. The number of hydrogen-bond acceptors (Lipinski definition) is 5. The van der Waals surface area contributed by atoms with E-state index in [-0.39, 0.29) is 34.4 Å². The molecule has 3 aromatic rings. The lowest BCUT2D eigenvalue weighted by atomic mass is 9.99. The zero-order valence-electron chi connectivity index (χ0n) is 12.2. The molecule has 3 rings (SSSR count). The fourth-order valence-corrected chi connectivity index (χ4v) is 2.62. The van der Waals surface area contributed by atoms with Crippen LogP contribution in [0.4, 0.5) is 0 Å². The lowest BCUT2D eigenvalue weighted by Gasteiger charge is -2.10. The van der Waals surface area contributed by atoms with E-state index in [0.717, 1.165) is 0 Å². The minimum atomic E-state index is -1.18. The summed E-state index contributed by atoms with van der Waals surface area (Å²) in [4.78, 5) is 15.3. The number of carboxylic acid groups (broad SMARTS) is 1. The Kier molecular flexibility index (Phi) is 3.91. The molecule has 0 amide bonds. The Morgan fingerprint density at radius 2 is 1.75 bits per heavy atom. The minimum absolute atomic E-state index is 0.0748. The molecule has 0 fully saturated rings. The Hall–Kier alpha value is -2.99. The number of halogens is 1. The van der Waals surface area contributed by atoms with Crippen LogP contribution in [0.1, 0.15) is 21.6 Å². The maximum Gasteiger partial charge on any atom is 0.354 e. The molecule has 24 heavy (non-hydrogen) atoms. The SMILES string of the molecule is O=C(O)c1cc(Cc2ccc(O)c(O)c2)c2cc(O)c(Cl)cc2n1. The zero-order valence-corrected chi connectivity index (χ0v) is 12.9. The van der Waals surface area contributed by atoms with Gasteiger partial charge in [-0.25, -0.2) is 9.78 Å². The first-order valence-corrected chi connectivity index (χ1v) is 7.29. The molecule has 1 heterocycles. The summed E-state index contributed by atoms with van der Waals surface area (Å²) in [5.41, 5.74) is 1.44. The van der Waals surface area contributed by atoms with Crippen molar-refractivity contribution < 1.29 is 25.2 Å². The third-order valence-corrected chi connectivity index (χ3v) is 3.92. The number of hydrogen-bond donors (Lipinski definition) is 4. The van der Waals surface area contributed by atoms with Gasteiger partial charge in [0.05, 0.1) is 10.5 Å². The molecule has 0 saturated heterocycles. The molecule has 0 radical (unpaired) electrons. The number of carboxylic acids is 1. The number of carbonyl (C=O) groups is 1. The number of benzene rings is 2. The molecule has 0 spiro atoms. The molecular weight excluding hydrogens is 334 g/mol. The van der Waals surface area contributed by atoms with E-state index in [4.69, 9.17) is 11.6 Å². The predicted octanol–water partition coefficient (Wildman–Crippen LogP) is 3.29. The molecule has 7 heteroatoms. The van der Waals surface area contributed by atoms with Crippen LogP contribution >= 0.6 is 11.6 Å². The van der Waals surface area contributed by atoms with Gasteiger partial charge in [-0.3, -0.25) is 0 Å². The topological polar surface area (TPSA) is 111 Å². The molecule has 1 aromatic heterocycles. The van der Waals surface area contributed by atoms with Gasteiger partial charge in [-0.1, -0.05) is 17.7 Å². The highest BCUT2D eigenvalue weighted by atomic mass is 35.5. The number of rotatable bonds is 3. The highest BCUT2D eigenvalue weighted by molar-refractivity contribution is 6.32.